The zero-order valence-electron chi connectivity index (χ0n) is 49.2. The fourth-order valence-corrected chi connectivity index (χ4v) is 11.1. The summed E-state index contributed by atoms with van der Waals surface area (Å²) in [5.74, 6) is -0.575. The maximum Gasteiger partial charge on any atom is 0.361 e. The van der Waals surface area contributed by atoms with E-state index in [1.54, 1.807) is 10.9 Å². The molecule has 76 heavy (non-hydrogen) atoms. The van der Waals surface area contributed by atoms with Crippen molar-refractivity contribution >= 4 is 36.5 Å². The van der Waals surface area contributed by atoms with E-state index in [1.165, 1.54) is 263 Å². The van der Waals surface area contributed by atoms with E-state index >= 15 is 0 Å². The van der Waals surface area contributed by atoms with Crippen molar-refractivity contribution in [3.05, 3.63) is 12.7 Å². The van der Waals surface area contributed by atoms with E-state index < -0.39 is 39.5 Å². The molecular formula is C62H116N5O8P. The highest BCUT2D eigenvalue weighted by atomic mass is 31.2. The van der Waals surface area contributed by atoms with E-state index in [0.29, 0.717) is 17.7 Å². The maximum atomic E-state index is 13.7. The molecular weight excluding hydrogens is 974 g/mol. The zero-order chi connectivity index (χ0) is 54.5. The molecule has 0 aliphatic rings. The van der Waals surface area contributed by atoms with Crippen LogP contribution in [0.25, 0.3) is 11.2 Å². The number of hydrogen-bond acceptors (Lipinski definition) is 12. The maximum absolute atomic E-state index is 13.7. The van der Waals surface area contributed by atoms with Crippen LogP contribution in [0.1, 0.15) is 322 Å². The molecule has 14 heteroatoms. The second kappa shape index (κ2) is 51.8. The molecule has 0 atom stereocenters. The Labute approximate surface area is 465 Å². The van der Waals surface area contributed by atoms with Gasteiger partial charge in [-0.15, -0.1) is 0 Å². The van der Waals surface area contributed by atoms with Crippen molar-refractivity contribution in [2.45, 2.75) is 329 Å². The molecule has 0 unspecified atom stereocenters. The highest BCUT2D eigenvalue weighted by molar-refractivity contribution is 7.53. The summed E-state index contributed by atoms with van der Waals surface area (Å²) in [6.45, 7) is 3.90. The third-order valence-corrected chi connectivity index (χ3v) is 16.6. The lowest BCUT2D eigenvalue weighted by atomic mass is 10.0. The number of ether oxygens (including phenoxy) is 3. The summed E-state index contributed by atoms with van der Waals surface area (Å²) in [6.07, 6.45) is 63.6. The van der Waals surface area contributed by atoms with Crippen molar-refractivity contribution in [3.63, 3.8) is 0 Å². The number of imidazole rings is 1. The topological polar surface area (TPSA) is 167 Å². The molecule has 0 aliphatic carbocycles. The number of carbonyl (C=O) groups excluding carboxylic acids is 2. The van der Waals surface area contributed by atoms with Crippen LogP contribution < -0.4 is 5.73 Å². The number of anilines is 1. The third kappa shape index (κ3) is 41.4. The molecule has 0 amide bonds. The van der Waals surface area contributed by atoms with Crippen LogP contribution in [0.5, 0.6) is 0 Å². The minimum atomic E-state index is -3.98. The lowest BCUT2D eigenvalue weighted by Gasteiger charge is -2.18. The van der Waals surface area contributed by atoms with Crippen molar-refractivity contribution in [2.24, 2.45) is 0 Å². The lowest BCUT2D eigenvalue weighted by molar-refractivity contribution is -0.152. The highest BCUT2D eigenvalue weighted by Gasteiger charge is 2.27. The predicted molar refractivity (Wildman–Crippen MR) is 315 cm³/mol. The molecule has 0 aliphatic heterocycles. The molecule has 0 radical (unpaired) electrons. The summed E-state index contributed by atoms with van der Waals surface area (Å²) in [5.41, 5.74) is 6.95. The number of rotatable bonds is 59. The Kier molecular flexibility index (Phi) is 47.4. The van der Waals surface area contributed by atoms with Gasteiger partial charge in [-0.2, -0.15) is 0 Å². The van der Waals surface area contributed by atoms with Gasteiger partial charge in [0.25, 0.3) is 0 Å². The van der Waals surface area contributed by atoms with Crippen LogP contribution in [-0.2, 0) is 44.0 Å². The molecule has 0 saturated carbocycles. The second-order valence-corrected chi connectivity index (χ2v) is 24.1. The number of nitrogens with two attached hydrogens (primary N) is 1. The zero-order valence-corrected chi connectivity index (χ0v) is 50.1. The van der Waals surface area contributed by atoms with Gasteiger partial charge < -0.3 is 24.5 Å². The largest absolute Gasteiger partial charge is 0.438 e. The molecule has 2 aromatic rings. The highest BCUT2D eigenvalue weighted by Crippen LogP contribution is 2.48. The van der Waals surface area contributed by atoms with Gasteiger partial charge in [-0.25, -0.2) is 15.0 Å². The summed E-state index contributed by atoms with van der Waals surface area (Å²) < 4.78 is 42.7. The molecule has 0 saturated heterocycles. The molecule has 2 aromatic heterocycles. The predicted octanol–water partition coefficient (Wildman–Crippen LogP) is 19.4. The van der Waals surface area contributed by atoms with E-state index in [4.69, 9.17) is 29.0 Å². The first-order chi connectivity index (χ1) is 37.4. The number of aromatic nitrogens is 4. The Hall–Kier alpha value is -2.60. The number of esters is 2. The van der Waals surface area contributed by atoms with E-state index in [-0.39, 0.29) is 25.3 Å². The van der Waals surface area contributed by atoms with Crippen molar-refractivity contribution < 1.29 is 37.4 Å². The average molecular weight is 1090 g/mol. The van der Waals surface area contributed by atoms with Gasteiger partial charge in [0.2, 0.25) is 13.6 Å². The lowest BCUT2D eigenvalue weighted by Crippen LogP contribution is -2.14. The monoisotopic (exact) mass is 1090 g/mol. The van der Waals surface area contributed by atoms with E-state index in [1.807, 2.05) is 0 Å². The van der Waals surface area contributed by atoms with Crippen molar-refractivity contribution in [2.75, 3.05) is 32.3 Å². The fourth-order valence-electron chi connectivity index (χ4n) is 10.1. The minimum Gasteiger partial charge on any atom is -0.438 e. The SMILES string of the molecule is CCCCCCCCCCCCCCCCCCCCCCCCCC(=O)OCOP(=O)(COCCn1cnc2c(N)ncnc21)OCOC(=O)CCCCCCCCCCCCCCCCCCCCCCCCC. The van der Waals surface area contributed by atoms with E-state index in [2.05, 4.69) is 28.8 Å². The van der Waals surface area contributed by atoms with Crippen molar-refractivity contribution in [3.8, 4) is 0 Å². The van der Waals surface area contributed by atoms with Crippen LogP contribution in [-0.4, -0.2) is 58.0 Å². The number of carbonyl (C=O) groups is 2. The van der Waals surface area contributed by atoms with Crippen LogP contribution in [0.15, 0.2) is 12.7 Å². The first-order valence-corrected chi connectivity index (χ1v) is 33.8. The molecule has 2 N–H and O–H groups in total. The minimum absolute atomic E-state index is 0.116. The van der Waals surface area contributed by atoms with Gasteiger partial charge >= 0.3 is 19.5 Å². The molecule has 0 aromatic carbocycles. The quantitative estimate of drug-likeness (QED) is 0.0289. The molecule has 442 valence electrons. The summed E-state index contributed by atoms with van der Waals surface area (Å²) >= 11 is 0. The van der Waals surface area contributed by atoms with Gasteiger partial charge in [-0.1, -0.05) is 296 Å². The van der Waals surface area contributed by atoms with Gasteiger partial charge in [-0.3, -0.25) is 23.2 Å². The average Bonchev–Trinajstić information content (AvgIpc) is 3.84. The standard InChI is InChI=1S/C62H116N5O8P/c1-3-5-7-9-11-13-15-17-19-21-23-25-27-29-31-33-35-37-39-41-43-45-47-49-58(68)72-55-74-76(70,57-71-52-51-67-54-66-60-61(63)64-53-65-62(60)67)75-56-73-59(69)50-48-46-44-42-40-38-36-34-32-30-28-26-24-22-20-18-16-14-12-10-8-6-4-2/h53-54H,3-52,55-57H2,1-2H3,(H2,63,64,65). The Morgan fingerprint density at radius 1 is 0.447 bits per heavy atom. The molecule has 13 nitrogen and oxygen atoms in total. The summed E-state index contributed by atoms with van der Waals surface area (Å²) in [7, 11) is -3.98. The fraction of sp³-hybridized carbons (Fsp3) is 0.887. The van der Waals surface area contributed by atoms with Gasteiger partial charge in [0, 0.05) is 19.4 Å². The Morgan fingerprint density at radius 2 is 0.750 bits per heavy atom. The van der Waals surface area contributed by atoms with Gasteiger partial charge in [0.05, 0.1) is 12.9 Å². The molecule has 2 heterocycles. The van der Waals surface area contributed by atoms with Gasteiger partial charge in [0.1, 0.15) is 18.2 Å². The summed E-state index contributed by atoms with van der Waals surface area (Å²) in [4.78, 5) is 37.6. The summed E-state index contributed by atoms with van der Waals surface area (Å²) in [6, 6.07) is 0. The molecule has 0 spiro atoms. The number of hydrogen-bond donors (Lipinski definition) is 1. The second-order valence-electron chi connectivity index (χ2n) is 22.1. The normalized spacial score (nSPS) is 11.8. The number of nitrogens with zero attached hydrogens (tertiary/aromatic N) is 4. The molecule has 0 bridgehead atoms. The van der Waals surface area contributed by atoms with Crippen LogP contribution in [0.4, 0.5) is 5.82 Å². The number of nitrogen functional groups attached to an aromatic ring is 1. The molecule has 2 rings (SSSR count). The van der Waals surface area contributed by atoms with Crippen LogP contribution in [0, 0.1) is 0 Å². The molecule has 0 fully saturated rings. The van der Waals surface area contributed by atoms with E-state index in [0.717, 1.165) is 38.5 Å². The summed E-state index contributed by atoms with van der Waals surface area (Å²) in [5, 5.41) is 0. The van der Waals surface area contributed by atoms with Crippen LogP contribution in [0.3, 0.4) is 0 Å². The first-order valence-electron chi connectivity index (χ1n) is 32.1. The van der Waals surface area contributed by atoms with Crippen LogP contribution >= 0.6 is 7.60 Å². The van der Waals surface area contributed by atoms with Gasteiger partial charge in [0.15, 0.2) is 11.5 Å². The Morgan fingerprint density at radius 3 is 1.07 bits per heavy atom. The smallest absolute Gasteiger partial charge is 0.361 e. The van der Waals surface area contributed by atoms with Crippen molar-refractivity contribution in [1.29, 1.82) is 0 Å². The number of unbranched alkanes of at least 4 members (excludes halogenated alkanes) is 44. The first kappa shape index (κ1) is 69.5. The number of fused-ring (bicyclic) bond motifs is 1. The van der Waals surface area contributed by atoms with Crippen molar-refractivity contribution in [1.82, 2.24) is 19.5 Å². The third-order valence-electron chi connectivity index (χ3n) is 15.1. The Balaban J connectivity index is 1.49. The van der Waals surface area contributed by atoms with Gasteiger partial charge in [-0.05, 0) is 12.8 Å². The Bertz CT molecular complexity index is 1590. The van der Waals surface area contributed by atoms with E-state index in [9.17, 15) is 14.2 Å². The van der Waals surface area contributed by atoms with Crippen LogP contribution in [0.2, 0.25) is 0 Å².